The Labute approximate surface area is 169 Å². The molecular formula is C17H11F6N5OS. The highest BCUT2D eigenvalue weighted by Gasteiger charge is 2.32. The number of benzene rings is 2. The molecule has 0 aliphatic rings. The standard InChI is InChI=1S/C17H11F6N5OS/c1-28-15(25-26-27-28)30-13-7-4-10(17(21,22)23)8-12(13)14(29)24-11-5-2-9(3-6-11)16(18,19)20/h2-8H,1H3,(H,24,29). The molecule has 1 heterocycles. The maximum atomic E-state index is 13.1. The molecule has 0 saturated heterocycles. The first-order chi connectivity index (χ1) is 13.9. The lowest BCUT2D eigenvalue weighted by molar-refractivity contribution is -0.138. The van der Waals surface area contributed by atoms with Crippen LogP contribution < -0.4 is 5.32 Å². The second-order valence-electron chi connectivity index (χ2n) is 5.93. The molecule has 1 amide bonds. The Morgan fingerprint density at radius 2 is 1.57 bits per heavy atom. The number of anilines is 1. The summed E-state index contributed by atoms with van der Waals surface area (Å²) in [6.45, 7) is 0. The van der Waals surface area contributed by atoms with Crippen LogP contribution in [0.15, 0.2) is 52.5 Å². The SMILES string of the molecule is Cn1nnnc1Sc1ccc(C(F)(F)F)cc1C(=O)Nc1ccc(C(F)(F)F)cc1. The van der Waals surface area contributed by atoms with Crippen LogP contribution in [0.5, 0.6) is 0 Å². The van der Waals surface area contributed by atoms with Crippen molar-refractivity contribution in [2.45, 2.75) is 22.4 Å². The van der Waals surface area contributed by atoms with Gasteiger partial charge in [0.15, 0.2) is 0 Å². The van der Waals surface area contributed by atoms with Crippen LogP contribution in [0, 0.1) is 0 Å². The normalized spacial score (nSPS) is 12.1. The van der Waals surface area contributed by atoms with Crippen molar-refractivity contribution >= 4 is 23.4 Å². The number of hydrogen-bond donors (Lipinski definition) is 1. The Balaban J connectivity index is 1.93. The largest absolute Gasteiger partial charge is 0.416 e. The van der Waals surface area contributed by atoms with Crippen LogP contribution in [-0.2, 0) is 19.4 Å². The van der Waals surface area contributed by atoms with Crippen molar-refractivity contribution in [2.75, 3.05) is 5.32 Å². The summed E-state index contributed by atoms with van der Waals surface area (Å²) >= 11 is 0.861. The summed E-state index contributed by atoms with van der Waals surface area (Å²) in [5.41, 5.74) is -2.33. The number of nitrogens with zero attached hydrogens (tertiary/aromatic N) is 4. The maximum absolute atomic E-state index is 13.1. The molecule has 0 aliphatic carbocycles. The molecule has 6 nitrogen and oxygen atoms in total. The lowest BCUT2D eigenvalue weighted by atomic mass is 10.1. The molecule has 0 radical (unpaired) electrons. The van der Waals surface area contributed by atoms with Gasteiger partial charge < -0.3 is 5.32 Å². The Hall–Kier alpha value is -3.09. The van der Waals surface area contributed by atoms with Crippen molar-refractivity contribution in [1.82, 2.24) is 20.2 Å². The van der Waals surface area contributed by atoms with Gasteiger partial charge in [-0.2, -0.15) is 26.3 Å². The third kappa shape index (κ3) is 4.90. The highest BCUT2D eigenvalue weighted by atomic mass is 32.2. The van der Waals surface area contributed by atoms with Gasteiger partial charge >= 0.3 is 12.4 Å². The zero-order chi connectivity index (χ0) is 22.1. The summed E-state index contributed by atoms with van der Waals surface area (Å²) in [4.78, 5) is 12.8. The van der Waals surface area contributed by atoms with E-state index in [4.69, 9.17) is 0 Å². The predicted molar refractivity (Wildman–Crippen MR) is 93.8 cm³/mol. The minimum absolute atomic E-state index is 0.0123. The molecule has 158 valence electrons. The molecular weight excluding hydrogens is 436 g/mol. The molecule has 0 fully saturated rings. The molecule has 0 unspecified atom stereocenters. The number of hydrogen-bond acceptors (Lipinski definition) is 5. The molecule has 1 aromatic heterocycles. The Kier molecular flexibility index (Phi) is 5.74. The number of tetrazole rings is 1. The summed E-state index contributed by atoms with van der Waals surface area (Å²) in [7, 11) is 1.51. The Morgan fingerprint density at radius 1 is 0.967 bits per heavy atom. The average Bonchev–Trinajstić information content (AvgIpc) is 3.05. The van der Waals surface area contributed by atoms with E-state index in [-0.39, 0.29) is 21.3 Å². The number of carbonyl (C=O) groups excluding carboxylic acids is 1. The first-order valence-electron chi connectivity index (χ1n) is 8.05. The zero-order valence-electron chi connectivity index (χ0n) is 14.9. The third-order valence-corrected chi connectivity index (χ3v) is 4.91. The number of rotatable bonds is 4. The number of aryl methyl sites for hydroxylation is 1. The monoisotopic (exact) mass is 447 g/mol. The van der Waals surface area contributed by atoms with Crippen molar-refractivity contribution in [3.8, 4) is 0 Å². The van der Waals surface area contributed by atoms with E-state index < -0.39 is 29.4 Å². The lowest BCUT2D eigenvalue weighted by Gasteiger charge is -2.13. The number of nitrogens with one attached hydrogen (secondary N) is 1. The lowest BCUT2D eigenvalue weighted by Crippen LogP contribution is -2.15. The molecule has 0 aliphatic heterocycles. The highest BCUT2D eigenvalue weighted by Crippen LogP contribution is 2.35. The van der Waals surface area contributed by atoms with E-state index in [2.05, 4.69) is 20.8 Å². The number of halogens is 6. The molecule has 2 aromatic carbocycles. The number of alkyl halides is 6. The zero-order valence-corrected chi connectivity index (χ0v) is 15.7. The van der Waals surface area contributed by atoms with E-state index in [1.807, 2.05) is 0 Å². The summed E-state index contributed by atoms with van der Waals surface area (Å²) in [5.74, 6) is -0.932. The summed E-state index contributed by atoms with van der Waals surface area (Å²) in [6, 6.07) is 6.09. The maximum Gasteiger partial charge on any atom is 0.416 e. The van der Waals surface area contributed by atoms with Gasteiger partial charge in [-0.15, -0.1) is 5.10 Å². The van der Waals surface area contributed by atoms with Gasteiger partial charge in [-0.1, -0.05) is 0 Å². The molecule has 0 atom stereocenters. The Bertz CT molecular complexity index is 1060. The second kappa shape index (κ2) is 7.97. The van der Waals surface area contributed by atoms with Crippen LogP contribution in [-0.4, -0.2) is 26.1 Å². The Morgan fingerprint density at radius 3 is 2.10 bits per heavy atom. The van der Waals surface area contributed by atoms with E-state index in [1.54, 1.807) is 0 Å². The van der Waals surface area contributed by atoms with Crippen LogP contribution in [0.1, 0.15) is 21.5 Å². The average molecular weight is 447 g/mol. The van der Waals surface area contributed by atoms with Gasteiger partial charge in [-0.25, -0.2) is 4.68 Å². The molecule has 0 spiro atoms. The summed E-state index contributed by atoms with van der Waals surface area (Å²) in [5, 5.41) is 13.2. The van der Waals surface area contributed by atoms with Gasteiger partial charge in [-0.3, -0.25) is 4.79 Å². The van der Waals surface area contributed by atoms with Gasteiger partial charge in [0, 0.05) is 17.6 Å². The van der Waals surface area contributed by atoms with Crippen molar-refractivity contribution in [2.24, 2.45) is 7.05 Å². The number of carbonyl (C=O) groups is 1. The van der Waals surface area contributed by atoms with Gasteiger partial charge in [0.2, 0.25) is 5.16 Å². The summed E-state index contributed by atoms with van der Waals surface area (Å²) < 4.78 is 78.5. The molecule has 0 saturated carbocycles. The first-order valence-corrected chi connectivity index (χ1v) is 8.87. The van der Waals surface area contributed by atoms with Crippen LogP contribution >= 0.6 is 11.8 Å². The van der Waals surface area contributed by atoms with E-state index in [0.717, 1.165) is 48.2 Å². The van der Waals surface area contributed by atoms with Crippen LogP contribution in [0.4, 0.5) is 32.0 Å². The quantitative estimate of drug-likeness (QED) is 0.590. The van der Waals surface area contributed by atoms with Crippen molar-refractivity contribution < 1.29 is 31.1 Å². The van der Waals surface area contributed by atoms with Gasteiger partial charge in [0.25, 0.3) is 5.91 Å². The fourth-order valence-electron chi connectivity index (χ4n) is 2.32. The van der Waals surface area contributed by atoms with E-state index in [1.165, 1.54) is 11.7 Å². The van der Waals surface area contributed by atoms with E-state index >= 15 is 0 Å². The molecule has 3 rings (SSSR count). The number of amides is 1. The topological polar surface area (TPSA) is 72.7 Å². The van der Waals surface area contributed by atoms with Gasteiger partial charge in [0.1, 0.15) is 0 Å². The highest BCUT2D eigenvalue weighted by molar-refractivity contribution is 7.99. The third-order valence-electron chi connectivity index (χ3n) is 3.80. The van der Waals surface area contributed by atoms with Crippen LogP contribution in [0.3, 0.4) is 0 Å². The molecule has 1 N–H and O–H groups in total. The van der Waals surface area contributed by atoms with Crippen molar-refractivity contribution in [3.05, 3.63) is 59.2 Å². The van der Waals surface area contributed by atoms with Gasteiger partial charge in [-0.05, 0) is 64.7 Å². The fourth-order valence-corrected chi connectivity index (χ4v) is 3.16. The summed E-state index contributed by atoms with van der Waals surface area (Å²) in [6.07, 6.45) is -9.25. The van der Waals surface area contributed by atoms with Crippen molar-refractivity contribution in [1.29, 1.82) is 0 Å². The van der Waals surface area contributed by atoms with Gasteiger partial charge in [0.05, 0.1) is 16.7 Å². The predicted octanol–water partition coefficient (Wildman–Crippen LogP) is 4.65. The minimum atomic E-state index is -4.70. The second-order valence-corrected chi connectivity index (χ2v) is 6.93. The van der Waals surface area contributed by atoms with Crippen LogP contribution in [0.25, 0.3) is 0 Å². The minimum Gasteiger partial charge on any atom is -0.322 e. The smallest absolute Gasteiger partial charge is 0.322 e. The van der Waals surface area contributed by atoms with E-state index in [0.29, 0.717) is 6.07 Å². The van der Waals surface area contributed by atoms with Crippen molar-refractivity contribution in [3.63, 3.8) is 0 Å². The first kappa shape index (κ1) is 21.6. The number of aromatic nitrogens is 4. The molecule has 0 bridgehead atoms. The van der Waals surface area contributed by atoms with E-state index in [9.17, 15) is 31.1 Å². The molecule has 30 heavy (non-hydrogen) atoms. The fraction of sp³-hybridized carbons (Fsp3) is 0.176. The van der Waals surface area contributed by atoms with Crippen LogP contribution in [0.2, 0.25) is 0 Å². The molecule has 3 aromatic rings. The molecule has 13 heteroatoms.